The van der Waals surface area contributed by atoms with E-state index in [9.17, 15) is 18.0 Å². The zero-order valence-electron chi connectivity index (χ0n) is 14.3. The van der Waals surface area contributed by atoms with Crippen LogP contribution < -0.4 is 5.56 Å². The van der Waals surface area contributed by atoms with Crippen molar-refractivity contribution < 1.29 is 13.2 Å². The topological polar surface area (TPSA) is 76.5 Å². The summed E-state index contributed by atoms with van der Waals surface area (Å²) in [5.74, 6) is 0.452. The number of hydrogen-bond acceptors (Lipinski definition) is 4. The van der Waals surface area contributed by atoms with Crippen LogP contribution in [-0.4, -0.2) is 25.0 Å². The van der Waals surface area contributed by atoms with Gasteiger partial charge >= 0.3 is 6.18 Å². The molecule has 136 valence electrons. The minimum absolute atomic E-state index is 0.298. The molecule has 1 aromatic carbocycles. The quantitative estimate of drug-likeness (QED) is 0.775. The maximum Gasteiger partial charge on any atom is 0.416 e. The molecule has 9 heteroatoms. The van der Waals surface area contributed by atoms with Crippen LogP contribution in [0, 0.1) is 13.8 Å². The first kappa shape index (κ1) is 17.8. The summed E-state index contributed by atoms with van der Waals surface area (Å²) in [6, 6.07) is 4.52. The van der Waals surface area contributed by atoms with Gasteiger partial charge in [0.25, 0.3) is 5.56 Å². The third-order valence-corrected chi connectivity index (χ3v) is 4.02. The molecule has 2 heterocycles. The molecule has 0 radical (unpaired) electrons. The molecule has 0 aliphatic carbocycles. The van der Waals surface area contributed by atoms with Gasteiger partial charge in [-0.15, -0.1) is 0 Å². The summed E-state index contributed by atoms with van der Waals surface area (Å²) in [5.41, 5.74) is 0.980. The molecule has 1 N–H and O–H groups in total. The van der Waals surface area contributed by atoms with Gasteiger partial charge in [0.05, 0.1) is 23.5 Å². The number of aryl methyl sites for hydroxylation is 2. The van der Waals surface area contributed by atoms with Crippen molar-refractivity contribution >= 4 is 0 Å². The Morgan fingerprint density at radius 3 is 2.50 bits per heavy atom. The van der Waals surface area contributed by atoms with Crippen LogP contribution >= 0.6 is 0 Å². The Labute approximate surface area is 146 Å². The van der Waals surface area contributed by atoms with Gasteiger partial charge in [0.2, 0.25) is 0 Å². The molecule has 0 bridgehead atoms. The van der Waals surface area contributed by atoms with Crippen molar-refractivity contribution in [3.8, 4) is 11.4 Å². The fraction of sp³-hybridized carbons (Fsp3) is 0.294. The monoisotopic (exact) mass is 363 g/mol. The van der Waals surface area contributed by atoms with Crippen LogP contribution in [0.1, 0.15) is 35.5 Å². The maximum absolute atomic E-state index is 12.8. The summed E-state index contributed by atoms with van der Waals surface area (Å²) >= 11 is 0. The second kappa shape index (κ2) is 6.40. The molecule has 0 saturated heterocycles. The second-order valence-electron chi connectivity index (χ2n) is 6.01. The molecule has 0 fully saturated rings. The number of nitrogens with zero attached hydrogens (tertiary/aromatic N) is 4. The van der Waals surface area contributed by atoms with E-state index < -0.39 is 11.7 Å². The van der Waals surface area contributed by atoms with Gasteiger partial charge in [0, 0.05) is 6.07 Å². The number of nitrogens with one attached hydrogen (secondary N) is 1. The molecule has 3 rings (SSSR count). The van der Waals surface area contributed by atoms with E-state index in [0.29, 0.717) is 28.3 Å². The van der Waals surface area contributed by atoms with Gasteiger partial charge in [0.1, 0.15) is 11.5 Å². The van der Waals surface area contributed by atoms with E-state index >= 15 is 0 Å². The Hall–Kier alpha value is -2.97. The normalized spacial score (nSPS) is 13.0. The lowest BCUT2D eigenvalue weighted by atomic mass is 10.00. The summed E-state index contributed by atoms with van der Waals surface area (Å²) in [5, 5.41) is 8.49. The molecule has 3 aromatic rings. The largest absolute Gasteiger partial charge is 0.416 e. The van der Waals surface area contributed by atoms with E-state index in [1.54, 1.807) is 20.8 Å². The number of rotatable bonds is 3. The average Bonchev–Trinajstić information content (AvgIpc) is 3.02. The molecule has 1 atom stereocenters. The second-order valence-corrected chi connectivity index (χ2v) is 6.01. The Bertz CT molecular complexity index is 1010. The first-order valence-corrected chi connectivity index (χ1v) is 7.83. The molecule has 0 spiro atoms. The summed E-state index contributed by atoms with van der Waals surface area (Å²) < 4.78 is 38.4. The average molecular weight is 363 g/mol. The maximum atomic E-state index is 12.8. The van der Waals surface area contributed by atoms with Crippen molar-refractivity contribution in [3.63, 3.8) is 0 Å². The fourth-order valence-corrected chi connectivity index (χ4v) is 2.74. The van der Waals surface area contributed by atoms with Gasteiger partial charge in [-0.2, -0.15) is 28.2 Å². The van der Waals surface area contributed by atoms with Gasteiger partial charge in [-0.1, -0.05) is 6.07 Å². The Kier molecular flexibility index (Phi) is 4.39. The van der Waals surface area contributed by atoms with Crippen molar-refractivity contribution in [2.24, 2.45) is 0 Å². The van der Waals surface area contributed by atoms with E-state index in [1.807, 2.05) is 0 Å². The zero-order chi connectivity index (χ0) is 19.1. The number of benzene rings is 1. The SMILES string of the molecule is Cc1nc(-c2cnn(C(C)c3ccc(C(F)(F)F)cc3C)n2)cc(=O)[nH]1. The Morgan fingerprint density at radius 2 is 1.88 bits per heavy atom. The predicted octanol–water partition coefficient (Wildman–Crippen LogP) is 3.27. The number of halogens is 3. The van der Waals surface area contributed by atoms with Gasteiger partial charge < -0.3 is 4.98 Å². The van der Waals surface area contributed by atoms with Crippen molar-refractivity contribution in [1.82, 2.24) is 25.0 Å². The minimum atomic E-state index is -4.38. The third-order valence-electron chi connectivity index (χ3n) is 4.02. The van der Waals surface area contributed by atoms with Crippen LogP contribution in [0.5, 0.6) is 0 Å². The molecular formula is C17H16F3N5O. The van der Waals surface area contributed by atoms with Crippen molar-refractivity contribution in [2.75, 3.05) is 0 Å². The lowest BCUT2D eigenvalue weighted by Crippen LogP contribution is -2.13. The lowest BCUT2D eigenvalue weighted by Gasteiger charge is -2.16. The molecule has 1 unspecified atom stereocenters. The Morgan fingerprint density at radius 1 is 1.15 bits per heavy atom. The van der Waals surface area contributed by atoms with E-state index in [-0.39, 0.29) is 11.6 Å². The standard InChI is InChI=1S/C17H16F3N5O/c1-9-6-12(17(18,19)20)4-5-13(9)10(2)25-21-8-15(24-25)14-7-16(26)23-11(3)22-14/h4-8,10H,1-3H3,(H,22,23,26). The number of aromatic amines is 1. The molecule has 2 aromatic heterocycles. The number of aromatic nitrogens is 5. The molecule has 0 amide bonds. The van der Waals surface area contributed by atoms with E-state index in [1.165, 1.54) is 23.1 Å². The van der Waals surface area contributed by atoms with Crippen molar-refractivity contribution in [2.45, 2.75) is 33.0 Å². The smallest absolute Gasteiger partial charge is 0.311 e. The summed E-state index contributed by atoms with van der Waals surface area (Å²) in [6.45, 7) is 5.06. The molecule has 0 aliphatic heterocycles. The summed E-state index contributed by atoms with van der Waals surface area (Å²) in [7, 11) is 0. The van der Waals surface area contributed by atoms with Gasteiger partial charge in [0.15, 0.2) is 0 Å². The van der Waals surface area contributed by atoms with E-state index in [2.05, 4.69) is 20.2 Å². The van der Waals surface area contributed by atoms with Gasteiger partial charge in [-0.05, 0) is 44.0 Å². The number of H-pyrrole nitrogens is 1. The lowest BCUT2D eigenvalue weighted by molar-refractivity contribution is -0.137. The highest BCUT2D eigenvalue weighted by atomic mass is 19.4. The number of hydrogen-bond donors (Lipinski definition) is 1. The minimum Gasteiger partial charge on any atom is -0.311 e. The number of alkyl halides is 3. The molecule has 0 saturated carbocycles. The first-order chi connectivity index (χ1) is 12.1. The van der Waals surface area contributed by atoms with Crippen LogP contribution in [0.25, 0.3) is 11.4 Å². The van der Waals surface area contributed by atoms with Gasteiger partial charge in [-0.25, -0.2) is 4.98 Å². The summed E-state index contributed by atoms with van der Waals surface area (Å²) in [6.07, 6.45) is -2.91. The molecule has 26 heavy (non-hydrogen) atoms. The molecule has 6 nitrogen and oxygen atoms in total. The molecular weight excluding hydrogens is 347 g/mol. The fourth-order valence-electron chi connectivity index (χ4n) is 2.74. The van der Waals surface area contributed by atoms with E-state index in [0.717, 1.165) is 12.1 Å². The Balaban J connectivity index is 1.93. The zero-order valence-corrected chi connectivity index (χ0v) is 14.3. The van der Waals surface area contributed by atoms with Crippen molar-refractivity contribution in [1.29, 1.82) is 0 Å². The summed E-state index contributed by atoms with van der Waals surface area (Å²) in [4.78, 5) is 19.7. The van der Waals surface area contributed by atoms with Crippen LogP contribution in [0.3, 0.4) is 0 Å². The van der Waals surface area contributed by atoms with Gasteiger partial charge in [-0.3, -0.25) is 4.79 Å². The van der Waals surface area contributed by atoms with Crippen LogP contribution in [-0.2, 0) is 6.18 Å². The van der Waals surface area contributed by atoms with Crippen molar-refractivity contribution in [3.05, 3.63) is 63.3 Å². The first-order valence-electron chi connectivity index (χ1n) is 7.83. The van der Waals surface area contributed by atoms with Crippen LogP contribution in [0.15, 0.2) is 35.3 Å². The van der Waals surface area contributed by atoms with Crippen LogP contribution in [0.4, 0.5) is 13.2 Å². The molecule has 0 aliphatic rings. The third kappa shape index (κ3) is 3.51. The highest BCUT2D eigenvalue weighted by molar-refractivity contribution is 5.51. The predicted molar refractivity (Wildman–Crippen MR) is 88.6 cm³/mol. The highest BCUT2D eigenvalue weighted by Crippen LogP contribution is 2.32. The van der Waals surface area contributed by atoms with E-state index in [4.69, 9.17) is 0 Å². The highest BCUT2D eigenvalue weighted by Gasteiger charge is 2.31. The van der Waals surface area contributed by atoms with Crippen LogP contribution in [0.2, 0.25) is 0 Å².